The van der Waals surface area contributed by atoms with Gasteiger partial charge in [-0.25, -0.2) is 9.98 Å². The van der Waals surface area contributed by atoms with E-state index in [1.54, 1.807) is 25.4 Å². The molecule has 1 aliphatic rings. The summed E-state index contributed by atoms with van der Waals surface area (Å²) >= 11 is 7.36. The van der Waals surface area contributed by atoms with Crippen LogP contribution in [0.3, 0.4) is 0 Å². The van der Waals surface area contributed by atoms with Crippen molar-refractivity contribution in [1.29, 1.82) is 0 Å². The molecule has 1 amide bonds. The molecule has 24 heavy (non-hydrogen) atoms. The van der Waals surface area contributed by atoms with Crippen molar-refractivity contribution in [1.82, 2.24) is 9.88 Å². The van der Waals surface area contributed by atoms with E-state index >= 15 is 0 Å². The van der Waals surface area contributed by atoms with E-state index in [4.69, 9.17) is 17.3 Å². The Balaban J connectivity index is 2.00. The van der Waals surface area contributed by atoms with Crippen molar-refractivity contribution in [3.63, 3.8) is 0 Å². The van der Waals surface area contributed by atoms with Crippen LogP contribution in [0.1, 0.15) is 12.5 Å². The molecule has 1 aromatic heterocycles. The Morgan fingerprint density at radius 1 is 1.33 bits per heavy atom. The van der Waals surface area contributed by atoms with E-state index in [0.29, 0.717) is 26.6 Å². The second-order valence-corrected chi connectivity index (χ2v) is 6.59. The van der Waals surface area contributed by atoms with Gasteiger partial charge in [-0.05, 0) is 54.1 Å². The normalized spacial score (nSPS) is 18.4. The predicted octanol–water partition coefficient (Wildman–Crippen LogP) is 3.94. The summed E-state index contributed by atoms with van der Waals surface area (Å²) in [6.07, 6.45) is 1.60. The number of hydrogen-bond acceptors (Lipinski definition) is 5. The number of pyridine rings is 1. The molecule has 2 N–H and O–H groups in total. The molecule has 1 fully saturated rings. The van der Waals surface area contributed by atoms with Crippen molar-refractivity contribution < 1.29 is 4.79 Å². The van der Waals surface area contributed by atoms with Crippen LogP contribution >= 0.6 is 23.4 Å². The predicted molar refractivity (Wildman–Crippen MR) is 100 cm³/mol. The number of nitrogens with zero attached hydrogens (tertiary/aromatic N) is 3. The highest BCUT2D eigenvalue weighted by Gasteiger charge is 2.32. The number of halogens is 1. The highest BCUT2D eigenvalue weighted by Crippen LogP contribution is 2.37. The number of nitrogen functional groups attached to an aromatic ring is 1. The largest absolute Gasteiger partial charge is 0.399 e. The van der Waals surface area contributed by atoms with Gasteiger partial charge in [0.25, 0.3) is 5.91 Å². The molecular formula is C17H15ClN4OS. The zero-order chi connectivity index (χ0) is 17.3. The van der Waals surface area contributed by atoms with E-state index < -0.39 is 0 Å². The zero-order valence-corrected chi connectivity index (χ0v) is 14.7. The summed E-state index contributed by atoms with van der Waals surface area (Å²) < 4.78 is 0. The fourth-order valence-corrected chi connectivity index (χ4v) is 3.45. The Bertz CT molecular complexity index is 878. The van der Waals surface area contributed by atoms with E-state index in [0.717, 1.165) is 11.1 Å². The Kier molecular flexibility index (Phi) is 4.59. The van der Waals surface area contributed by atoms with Crippen LogP contribution in [0.25, 0.3) is 5.57 Å². The number of aromatic nitrogens is 1. The number of aliphatic imine (C=N–C) groups is 1. The Hall–Kier alpha value is -2.31. The Morgan fingerprint density at radius 2 is 2.12 bits per heavy atom. The topological polar surface area (TPSA) is 71.6 Å². The number of carbonyl (C=O) groups is 1. The van der Waals surface area contributed by atoms with Crippen molar-refractivity contribution in [3.05, 3.63) is 58.2 Å². The number of benzene rings is 1. The van der Waals surface area contributed by atoms with Crippen LogP contribution in [0.2, 0.25) is 5.15 Å². The number of amides is 1. The summed E-state index contributed by atoms with van der Waals surface area (Å²) in [4.78, 5) is 23.2. The second-order valence-electron chi connectivity index (χ2n) is 5.25. The smallest absolute Gasteiger partial charge is 0.266 e. The molecule has 0 spiro atoms. The van der Waals surface area contributed by atoms with Crippen LogP contribution in [-0.4, -0.2) is 28.0 Å². The Labute approximate surface area is 149 Å². The fourth-order valence-electron chi connectivity index (χ4n) is 2.24. The minimum absolute atomic E-state index is 0.0984. The number of hydrogen-bond donors (Lipinski definition) is 1. The highest BCUT2D eigenvalue weighted by atomic mass is 35.5. The number of allylic oxidation sites excluding steroid dienone is 1. The molecule has 0 aliphatic carbocycles. The van der Waals surface area contributed by atoms with E-state index in [9.17, 15) is 4.79 Å². The summed E-state index contributed by atoms with van der Waals surface area (Å²) in [7, 11) is 1.69. The van der Waals surface area contributed by atoms with Gasteiger partial charge in [-0.15, -0.1) is 0 Å². The second kappa shape index (κ2) is 6.67. The number of amidine groups is 1. The molecule has 0 unspecified atom stereocenters. The average Bonchev–Trinajstić information content (AvgIpc) is 2.85. The molecule has 5 nitrogen and oxygen atoms in total. The van der Waals surface area contributed by atoms with E-state index in [2.05, 4.69) is 9.98 Å². The third kappa shape index (κ3) is 3.16. The molecule has 1 aliphatic heterocycles. The lowest BCUT2D eigenvalue weighted by molar-refractivity contribution is -0.121. The third-order valence-electron chi connectivity index (χ3n) is 3.59. The molecule has 1 saturated heterocycles. The number of likely N-dealkylation sites (N-methyl/N-ethyl adjacent to an activating group) is 1. The maximum absolute atomic E-state index is 12.6. The lowest BCUT2D eigenvalue weighted by Crippen LogP contribution is -2.23. The molecule has 0 bridgehead atoms. The van der Waals surface area contributed by atoms with Crippen LogP contribution in [0, 0.1) is 0 Å². The molecule has 2 heterocycles. The molecule has 0 saturated carbocycles. The monoisotopic (exact) mass is 358 g/mol. The lowest BCUT2D eigenvalue weighted by atomic mass is 10.1. The summed E-state index contributed by atoms with van der Waals surface area (Å²) in [6, 6.07) is 11.0. The van der Waals surface area contributed by atoms with Gasteiger partial charge in [-0.3, -0.25) is 9.69 Å². The lowest BCUT2D eigenvalue weighted by Gasteiger charge is -2.08. The molecule has 1 aromatic carbocycles. The number of thioether (sulfide) groups is 1. The van der Waals surface area contributed by atoms with Crippen molar-refractivity contribution in [2.45, 2.75) is 6.92 Å². The van der Waals surface area contributed by atoms with Crippen LogP contribution in [-0.2, 0) is 4.79 Å². The van der Waals surface area contributed by atoms with Crippen LogP contribution in [0.15, 0.2) is 52.5 Å². The summed E-state index contributed by atoms with van der Waals surface area (Å²) in [5.74, 6) is -0.0984. The van der Waals surface area contributed by atoms with Gasteiger partial charge in [-0.1, -0.05) is 23.7 Å². The fraction of sp³-hybridized carbons (Fsp3) is 0.118. The number of anilines is 1. The molecule has 7 heteroatoms. The van der Waals surface area contributed by atoms with Crippen LogP contribution < -0.4 is 5.73 Å². The molecule has 2 aromatic rings. The van der Waals surface area contributed by atoms with Crippen molar-refractivity contribution in [2.24, 2.45) is 4.99 Å². The van der Waals surface area contributed by atoms with E-state index in [-0.39, 0.29) is 5.91 Å². The van der Waals surface area contributed by atoms with Crippen molar-refractivity contribution in [2.75, 3.05) is 12.8 Å². The van der Waals surface area contributed by atoms with Gasteiger partial charge < -0.3 is 5.73 Å². The number of carbonyl (C=O) groups excluding carboxylic acids is 1. The van der Waals surface area contributed by atoms with Gasteiger partial charge in [0.2, 0.25) is 0 Å². The molecule has 122 valence electrons. The van der Waals surface area contributed by atoms with Gasteiger partial charge in [-0.2, -0.15) is 0 Å². The first-order valence-corrected chi connectivity index (χ1v) is 8.38. The number of rotatable bonds is 2. The molecule has 3 rings (SSSR count). The Morgan fingerprint density at radius 3 is 2.83 bits per heavy atom. The summed E-state index contributed by atoms with van der Waals surface area (Å²) in [6.45, 7) is 1.91. The van der Waals surface area contributed by atoms with Crippen molar-refractivity contribution >= 4 is 51.4 Å². The zero-order valence-electron chi connectivity index (χ0n) is 13.2. The molecule has 0 radical (unpaired) electrons. The average molecular weight is 359 g/mol. The standard InChI is InChI=1S/C17H15ClN4OS/c1-10(11-5-3-6-12(19)9-11)14-16(23)22(2)17(24-14)21-13-7-4-8-20-15(13)18/h3-9H,19H2,1-2H3/b14-10-,21-17?. The maximum Gasteiger partial charge on any atom is 0.266 e. The molecular weight excluding hydrogens is 344 g/mol. The highest BCUT2D eigenvalue weighted by molar-refractivity contribution is 8.18. The third-order valence-corrected chi connectivity index (χ3v) is 5.12. The van der Waals surface area contributed by atoms with Crippen LogP contribution in [0.5, 0.6) is 0 Å². The maximum atomic E-state index is 12.6. The first-order valence-electron chi connectivity index (χ1n) is 7.19. The van der Waals surface area contributed by atoms with E-state index in [1.807, 2.05) is 31.2 Å². The number of nitrogens with two attached hydrogens (primary N) is 1. The summed E-state index contributed by atoms with van der Waals surface area (Å²) in [5, 5.41) is 0.865. The van der Waals surface area contributed by atoms with Crippen molar-refractivity contribution in [3.8, 4) is 0 Å². The van der Waals surface area contributed by atoms with Gasteiger partial charge in [0.15, 0.2) is 10.3 Å². The minimum Gasteiger partial charge on any atom is -0.399 e. The van der Waals surface area contributed by atoms with Gasteiger partial charge in [0.05, 0.1) is 4.91 Å². The summed E-state index contributed by atoms with van der Waals surface area (Å²) in [5.41, 5.74) is 8.81. The van der Waals surface area contributed by atoms with Gasteiger partial charge in [0.1, 0.15) is 5.69 Å². The first-order chi connectivity index (χ1) is 11.5. The van der Waals surface area contributed by atoms with E-state index in [1.165, 1.54) is 16.7 Å². The van der Waals surface area contributed by atoms with Gasteiger partial charge in [0, 0.05) is 18.9 Å². The quantitative estimate of drug-likeness (QED) is 0.501. The first kappa shape index (κ1) is 16.5. The SMILES string of the molecule is C/C(=C1/SC(=Nc2cccnc2Cl)N(C)C1=O)c1cccc(N)c1. The van der Waals surface area contributed by atoms with Crippen LogP contribution in [0.4, 0.5) is 11.4 Å². The van der Waals surface area contributed by atoms with Gasteiger partial charge >= 0.3 is 0 Å². The molecule has 0 atom stereocenters. The minimum atomic E-state index is -0.0984.